The Labute approximate surface area is 200 Å². The van der Waals surface area contributed by atoms with Crippen molar-refractivity contribution >= 4 is 29.3 Å². The number of para-hydroxylation sites is 1. The molecular weight excluding hydrogens is 432 g/mol. The fourth-order valence-electron chi connectivity index (χ4n) is 3.93. The summed E-state index contributed by atoms with van der Waals surface area (Å²) in [6.45, 7) is 5.60. The molecule has 1 amide bonds. The summed E-state index contributed by atoms with van der Waals surface area (Å²) in [5, 5.41) is 12.7. The van der Waals surface area contributed by atoms with Crippen LogP contribution >= 0.6 is 11.8 Å². The zero-order valence-corrected chi connectivity index (χ0v) is 20.2. The van der Waals surface area contributed by atoms with Crippen LogP contribution in [0.15, 0.2) is 59.8 Å². The Morgan fingerprint density at radius 2 is 1.79 bits per heavy atom. The second kappa shape index (κ2) is 11.2. The third-order valence-corrected chi connectivity index (χ3v) is 6.75. The number of nitrogens with one attached hydrogen (secondary N) is 1. The number of amides is 1. The number of aromatic nitrogens is 3. The van der Waals surface area contributed by atoms with E-state index >= 15 is 0 Å². The molecule has 8 heteroatoms. The fraction of sp³-hybridized carbons (Fsp3) is 0.400. The summed E-state index contributed by atoms with van der Waals surface area (Å²) in [6.07, 6.45) is 3.23. The van der Waals surface area contributed by atoms with E-state index in [1.54, 1.807) is 0 Å². The topological polar surface area (TPSA) is 66.3 Å². The van der Waals surface area contributed by atoms with Crippen molar-refractivity contribution in [2.45, 2.75) is 31.3 Å². The summed E-state index contributed by atoms with van der Waals surface area (Å²) in [4.78, 5) is 17.0. The zero-order chi connectivity index (χ0) is 23.0. The van der Waals surface area contributed by atoms with Crippen LogP contribution in [0.25, 0.3) is 5.69 Å². The molecule has 1 saturated heterocycles. The van der Waals surface area contributed by atoms with Crippen LogP contribution in [0.4, 0.5) is 11.6 Å². The van der Waals surface area contributed by atoms with Gasteiger partial charge in [0.25, 0.3) is 0 Å². The zero-order valence-electron chi connectivity index (χ0n) is 19.4. The minimum atomic E-state index is 0.0172. The molecule has 0 spiro atoms. The molecule has 0 unspecified atom stereocenters. The molecule has 0 saturated carbocycles. The highest BCUT2D eigenvalue weighted by atomic mass is 32.2. The lowest BCUT2D eigenvalue weighted by molar-refractivity contribution is -0.118. The van der Waals surface area contributed by atoms with Crippen molar-refractivity contribution < 1.29 is 4.79 Å². The van der Waals surface area contributed by atoms with Gasteiger partial charge in [0, 0.05) is 38.9 Å². The minimum Gasteiger partial charge on any atom is -0.375 e. The number of aryl methyl sites for hydroxylation is 1. The first kappa shape index (κ1) is 23.2. The summed E-state index contributed by atoms with van der Waals surface area (Å²) in [6, 6.07) is 18.6. The molecule has 4 rings (SSSR count). The second-order valence-electron chi connectivity index (χ2n) is 8.40. The molecule has 0 atom stereocenters. The van der Waals surface area contributed by atoms with Gasteiger partial charge in [-0.15, -0.1) is 10.2 Å². The summed E-state index contributed by atoms with van der Waals surface area (Å²) < 4.78 is 2.08. The summed E-state index contributed by atoms with van der Waals surface area (Å²) in [5.41, 5.74) is 3.42. The van der Waals surface area contributed by atoms with Gasteiger partial charge in [0.1, 0.15) is 0 Å². The summed E-state index contributed by atoms with van der Waals surface area (Å²) >= 11 is 1.44. The highest BCUT2D eigenvalue weighted by molar-refractivity contribution is 7.99. The van der Waals surface area contributed by atoms with E-state index in [0.717, 1.165) is 42.8 Å². The molecule has 1 aliphatic heterocycles. The molecule has 1 N–H and O–H groups in total. The largest absolute Gasteiger partial charge is 0.375 e. The van der Waals surface area contributed by atoms with Crippen LogP contribution in [0.1, 0.15) is 24.8 Å². The predicted molar refractivity (Wildman–Crippen MR) is 136 cm³/mol. The van der Waals surface area contributed by atoms with Gasteiger partial charge in [-0.2, -0.15) is 0 Å². The minimum absolute atomic E-state index is 0.0172. The van der Waals surface area contributed by atoms with Gasteiger partial charge in [-0.25, -0.2) is 0 Å². The van der Waals surface area contributed by atoms with Gasteiger partial charge in [0.05, 0.1) is 11.4 Å². The standard InChI is InChI=1S/C25H32N6OS/c1-20-11-13-22(14-12-20)31-24(30-17-6-7-18-30)27-28-25(31)33-19-23(32)26-15-8-16-29(2)21-9-4-3-5-10-21/h3-5,9-14H,6-8,15-19H2,1-2H3,(H,26,32). The molecule has 33 heavy (non-hydrogen) atoms. The highest BCUT2D eigenvalue weighted by Crippen LogP contribution is 2.28. The number of benzene rings is 2. The molecule has 1 aliphatic rings. The van der Waals surface area contributed by atoms with Crippen LogP contribution in [-0.4, -0.2) is 59.7 Å². The van der Waals surface area contributed by atoms with Crippen molar-refractivity contribution in [3.05, 3.63) is 60.2 Å². The monoisotopic (exact) mass is 464 g/mol. The molecule has 0 radical (unpaired) electrons. The Balaban J connectivity index is 1.32. The molecule has 7 nitrogen and oxygen atoms in total. The van der Waals surface area contributed by atoms with Gasteiger partial charge in [-0.1, -0.05) is 47.7 Å². The Morgan fingerprint density at radius 1 is 1.06 bits per heavy atom. The molecule has 0 aliphatic carbocycles. The maximum absolute atomic E-state index is 12.5. The van der Waals surface area contributed by atoms with Gasteiger partial charge in [-0.3, -0.25) is 9.36 Å². The summed E-state index contributed by atoms with van der Waals surface area (Å²) in [5.74, 6) is 1.20. The quantitative estimate of drug-likeness (QED) is 0.363. The van der Waals surface area contributed by atoms with Gasteiger partial charge < -0.3 is 15.1 Å². The van der Waals surface area contributed by atoms with E-state index in [2.05, 4.69) is 80.3 Å². The molecule has 1 fully saturated rings. The van der Waals surface area contributed by atoms with Crippen LogP contribution in [0.3, 0.4) is 0 Å². The number of carbonyl (C=O) groups is 1. The molecule has 2 heterocycles. The van der Waals surface area contributed by atoms with Crippen molar-refractivity contribution in [1.82, 2.24) is 20.1 Å². The molecular formula is C25H32N6OS. The van der Waals surface area contributed by atoms with Gasteiger partial charge >= 0.3 is 0 Å². The van der Waals surface area contributed by atoms with Crippen LogP contribution in [0.5, 0.6) is 0 Å². The number of rotatable bonds is 10. The average molecular weight is 465 g/mol. The van der Waals surface area contributed by atoms with E-state index in [1.165, 1.54) is 35.9 Å². The fourth-order valence-corrected chi connectivity index (χ4v) is 4.71. The first-order chi connectivity index (χ1) is 16.1. The lowest BCUT2D eigenvalue weighted by Gasteiger charge is -2.19. The van der Waals surface area contributed by atoms with Gasteiger partial charge in [0.2, 0.25) is 11.9 Å². The maximum Gasteiger partial charge on any atom is 0.232 e. The Morgan fingerprint density at radius 3 is 2.52 bits per heavy atom. The lowest BCUT2D eigenvalue weighted by atomic mass is 10.2. The van der Waals surface area contributed by atoms with E-state index in [0.29, 0.717) is 12.3 Å². The second-order valence-corrected chi connectivity index (χ2v) is 9.34. The normalized spacial score (nSPS) is 13.3. The van der Waals surface area contributed by atoms with Crippen LogP contribution in [0, 0.1) is 6.92 Å². The highest BCUT2D eigenvalue weighted by Gasteiger charge is 2.22. The van der Waals surface area contributed by atoms with E-state index in [-0.39, 0.29) is 5.91 Å². The average Bonchev–Trinajstić information content (AvgIpc) is 3.51. The van der Waals surface area contributed by atoms with Crippen molar-refractivity contribution in [2.24, 2.45) is 0 Å². The lowest BCUT2D eigenvalue weighted by Crippen LogP contribution is -2.29. The van der Waals surface area contributed by atoms with Crippen molar-refractivity contribution in [3.8, 4) is 5.69 Å². The van der Waals surface area contributed by atoms with Crippen LogP contribution in [-0.2, 0) is 4.79 Å². The van der Waals surface area contributed by atoms with Gasteiger partial charge in [0.15, 0.2) is 5.16 Å². The molecule has 3 aromatic rings. The number of hydrogen-bond acceptors (Lipinski definition) is 6. The van der Waals surface area contributed by atoms with E-state index in [9.17, 15) is 4.79 Å². The van der Waals surface area contributed by atoms with E-state index < -0.39 is 0 Å². The van der Waals surface area contributed by atoms with E-state index in [4.69, 9.17) is 0 Å². The first-order valence-electron chi connectivity index (χ1n) is 11.5. The molecule has 2 aromatic carbocycles. The number of thioether (sulfide) groups is 1. The Bertz CT molecular complexity index is 1030. The number of nitrogens with zero attached hydrogens (tertiary/aromatic N) is 5. The smallest absolute Gasteiger partial charge is 0.232 e. The SMILES string of the molecule is Cc1ccc(-n2c(SCC(=O)NCCCN(C)c3ccccc3)nnc2N2CCCC2)cc1. The molecule has 174 valence electrons. The number of anilines is 2. The van der Waals surface area contributed by atoms with Crippen molar-refractivity contribution in [3.63, 3.8) is 0 Å². The van der Waals surface area contributed by atoms with Crippen molar-refractivity contribution in [2.75, 3.05) is 48.8 Å². The first-order valence-corrected chi connectivity index (χ1v) is 12.5. The van der Waals surface area contributed by atoms with E-state index in [1.807, 2.05) is 18.2 Å². The Hall–Kier alpha value is -3.00. The predicted octanol–water partition coefficient (Wildman–Crippen LogP) is 3.91. The molecule has 0 bridgehead atoms. The number of hydrogen-bond donors (Lipinski definition) is 1. The third-order valence-electron chi connectivity index (χ3n) is 5.82. The Kier molecular flexibility index (Phi) is 7.88. The summed E-state index contributed by atoms with van der Waals surface area (Å²) in [7, 11) is 2.07. The van der Waals surface area contributed by atoms with Crippen LogP contribution in [0.2, 0.25) is 0 Å². The molecule has 1 aromatic heterocycles. The van der Waals surface area contributed by atoms with Crippen molar-refractivity contribution in [1.29, 1.82) is 0 Å². The maximum atomic E-state index is 12.5. The third kappa shape index (κ3) is 6.07. The van der Waals surface area contributed by atoms with Gasteiger partial charge in [-0.05, 0) is 50.5 Å². The number of carbonyl (C=O) groups excluding carboxylic acids is 1. The van der Waals surface area contributed by atoms with Crippen LogP contribution < -0.4 is 15.1 Å².